The monoisotopic (exact) mass is 475 g/mol. The second-order valence-corrected chi connectivity index (χ2v) is 9.92. The molecule has 0 fully saturated rings. The third-order valence-corrected chi connectivity index (χ3v) is 6.75. The quantitative estimate of drug-likeness (QED) is 0.220. The van der Waals surface area contributed by atoms with Crippen LogP contribution in [0.25, 0.3) is 22.2 Å². The smallest absolute Gasteiger partial charge is 0.267 e. The summed E-state index contributed by atoms with van der Waals surface area (Å²) in [5.41, 5.74) is 7.92. The Morgan fingerprint density at radius 1 is 1.09 bits per heavy atom. The van der Waals surface area contributed by atoms with Crippen molar-refractivity contribution < 1.29 is 4.79 Å². The molecule has 168 valence electrons. The van der Waals surface area contributed by atoms with Gasteiger partial charge >= 0.3 is 0 Å². The van der Waals surface area contributed by atoms with Crippen LogP contribution in [0.5, 0.6) is 0 Å². The van der Waals surface area contributed by atoms with Gasteiger partial charge in [-0.05, 0) is 42.2 Å². The molecule has 33 heavy (non-hydrogen) atoms. The Hall–Kier alpha value is -3.02. The zero-order valence-electron chi connectivity index (χ0n) is 18.9. The van der Waals surface area contributed by atoms with Gasteiger partial charge in [0.1, 0.15) is 0 Å². The number of hydrogen-bond donors (Lipinski definition) is 1. The first kappa shape index (κ1) is 23.1. The van der Waals surface area contributed by atoms with Gasteiger partial charge in [-0.25, -0.2) is 10.4 Å². The minimum absolute atomic E-state index is 0.259. The summed E-state index contributed by atoms with van der Waals surface area (Å²) in [6, 6.07) is 21.7. The number of halogens is 1. The van der Waals surface area contributed by atoms with E-state index < -0.39 is 0 Å². The molecule has 1 N–H and O–H groups in total. The first-order valence-electron chi connectivity index (χ1n) is 11.1. The molecule has 4 rings (SSSR count). The molecule has 0 radical (unpaired) electrons. The number of carbonyl (C=O) groups excluding carboxylic acids is 1. The number of rotatable bonds is 7. The molecular formula is C27H26ClN3OS. The number of para-hydroxylation sites is 1. The van der Waals surface area contributed by atoms with Crippen molar-refractivity contribution in [2.24, 2.45) is 5.10 Å². The van der Waals surface area contributed by atoms with Crippen LogP contribution in [0.4, 0.5) is 0 Å². The molecule has 0 bridgehead atoms. The highest BCUT2D eigenvalue weighted by Crippen LogP contribution is 2.27. The van der Waals surface area contributed by atoms with Gasteiger partial charge in [0, 0.05) is 10.9 Å². The number of nitrogens with zero attached hydrogens (tertiary/aromatic N) is 2. The van der Waals surface area contributed by atoms with Crippen molar-refractivity contribution in [3.8, 4) is 11.3 Å². The van der Waals surface area contributed by atoms with E-state index in [1.807, 2.05) is 42.5 Å². The van der Waals surface area contributed by atoms with E-state index in [0.717, 1.165) is 45.6 Å². The maximum atomic E-state index is 13.3. The van der Waals surface area contributed by atoms with E-state index in [4.69, 9.17) is 16.6 Å². The minimum atomic E-state index is -0.259. The summed E-state index contributed by atoms with van der Waals surface area (Å²) in [5, 5.41) is 5.26. The Bertz CT molecular complexity index is 1310. The first-order chi connectivity index (χ1) is 16.0. The molecule has 2 aromatic heterocycles. The fourth-order valence-electron chi connectivity index (χ4n) is 3.67. The molecule has 0 spiro atoms. The minimum Gasteiger partial charge on any atom is -0.267 e. The molecule has 4 nitrogen and oxygen atoms in total. The molecule has 2 heterocycles. The van der Waals surface area contributed by atoms with Gasteiger partial charge in [0.2, 0.25) is 0 Å². The Kier molecular flexibility index (Phi) is 7.21. The van der Waals surface area contributed by atoms with Gasteiger partial charge in [-0.15, -0.1) is 11.3 Å². The molecule has 4 aromatic rings. The van der Waals surface area contributed by atoms with Gasteiger partial charge in [-0.2, -0.15) is 5.10 Å². The SMILES string of the molecule is CCC/C(=N\NC(=O)c1cc(-c2ccc(C(C)C)cc2)nc2ccccc12)c1ccc(Cl)s1. The summed E-state index contributed by atoms with van der Waals surface area (Å²) in [4.78, 5) is 19.0. The zero-order chi connectivity index (χ0) is 23.4. The number of pyridine rings is 1. The molecule has 0 aliphatic rings. The van der Waals surface area contributed by atoms with E-state index in [1.54, 1.807) is 0 Å². The van der Waals surface area contributed by atoms with Gasteiger partial charge < -0.3 is 0 Å². The average Bonchev–Trinajstić information content (AvgIpc) is 3.27. The van der Waals surface area contributed by atoms with E-state index in [9.17, 15) is 4.79 Å². The lowest BCUT2D eigenvalue weighted by Gasteiger charge is -2.11. The Morgan fingerprint density at radius 2 is 1.85 bits per heavy atom. The summed E-state index contributed by atoms with van der Waals surface area (Å²) in [6.45, 7) is 6.42. The molecule has 0 saturated carbocycles. The zero-order valence-corrected chi connectivity index (χ0v) is 20.5. The van der Waals surface area contributed by atoms with Crippen LogP contribution in [0, 0.1) is 0 Å². The third-order valence-electron chi connectivity index (χ3n) is 5.47. The second kappa shape index (κ2) is 10.3. The number of hydrogen-bond acceptors (Lipinski definition) is 4. The molecule has 0 atom stereocenters. The van der Waals surface area contributed by atoms with Gasteiger partial charge in [0.25, 0.3) is 5.91 Å². The maximum Gasteiger partial charge on any atom is 0.272 e. The highest BCUT2D eigenvalue weighted by molar-refractivity contribution is 7.18. The standard InChI is InChI=1S/C27H26ClN3OS/c1-4-7-23(25-14-15-26(28)33-25)30-31-27(32)21-16-24(29-22-9-6-5-8-20(21)22)19-12-10-18(11-13-19)17(2)3/h5-6,8-17H,4,7H2,1-3H3,(H,31,32)/b30-23+. The predicted octanol–water partition coefficient (Wildman–Crippen LogP) is 7.67. The Balaban J connectivity index is 1.70. The molecule has 0 aliphatic carbocycles. The number of carbonyl (C=O) groups is 1. The number of fused-ring (bicyclic) bond motifs is 1. The summed E-state index contributed by atoms with van der Waals surface area (Å²) >= 11 is 7.56. The Morgan fingerprint density at radius 3 is 2.52 bits per heavy atom. The molecular weight excluding hydrogens is 450 g/mol. The summed E-state index contributed by atoms with van der Waals surface area (Å²) in [6.07, 6.45) is 1.67. The van der Waals surface area contributed by atoms with Crippen LogP contribution >= 0.6 is 22.9 Å². The van der Waals surface area contributed by atoms with Crippen molar-refractivity contribution in [2.45, 2.75) is 39.5 Å². The molecule has 0 saturated heterocycles. The van der Waals surface area contributed by atoms with Crippen molar-refractivity contribution in [1.29, 1.82) is 0 Å². The van der Waals surface area contributed by atoms with Crippen LogP contribution in [0.2, 0.25) is 4.34 Å². The van der Waals surface area contributed by atoms with Crippen LogP contribution in [0.15, 0.2) is 71.8 Å². The number of aromatic nitrogens is 1. The van der Waals surface area contributed by atoms with Crippen molar-refractivity contribution >= 4 is 45.5 Å². The van der Waals surface area contributed by atoms with Crippen molar-refractivity contribution in [2.75, 3.05) is 0 Å². The highest BCUT2D eigenvalue weighted by Gasteiger charge is 2.15. The largest absolute Gasteiger partial charge is 0.272 e. The highest BCUT2D eigenvalue weighted by atomic mass is 35.5. The fraction of sp³-hybridized carbons (Fsp3) is 0.222. The normalized spacial score (nSPS) is 11.8. The van der Waals surface area contributed by atoms with Crippen LogP contribution in [0.1, 0.15) is 60.3 Å². The summed E-state index contributed by atoms with van der Waals surface area (Å²) in [5.74, 6) is 0.197. The summed E-state index contributed by atoms with van der Waals surface area (Å²) < 4.78 is 0.702. The number of nitrogens with one attached hydrogen (secondary N) is 1. The van der Waals surface area contributed by atoms with Crippen molar-refractivity contribution in [3.63, 3.8) is 0 Å². The van der Waals surface area contributed by atoms with E-state index in [2.05, 4.69) is 55.6 Å². The van der Waals surface area contributed by atoms with Crippen LogP contribution in [0.3, 0.4) is 0 Å². The van der Waals surface area contributed by atoms with E-state index >= 15 is 0 Å². The average molecular weight is 476 g/mol. The fourth-order valence-corrected chi connectivity index (χ4v) is 4.73. The topological polar surface area (TPSA) is 54.4 Å². The van der Waals surface area contributed by atoms with Crippen LogP contribution in [-0.4, -0.2) is 16.6 Å². The van der Waals surface area contributed by atoms with Crippen molar-refractivity contribution in [1.82, 2.24) is 10.4 Å². The van der Waals surface area contributed by atoms with Gasteiger partial charge in [0.05, 0.1) is 31.7 Å². The lowest BCUT2D eigenvalue weighted by molar-refractivity contribution is 0.0956. The Labute approximate surface area is 203 Å². The number of hydrazone groups is 1. The lowest BCUT2D eigenvalue weighted by Crippen LogP contribution is -2.20. The first-order valence-corrected chi connectivity index (χ1v) is 12.3. The van der Waals surface area contributed by atoms with E-state index in [-0.39, 0.29) is 5.91 Å². The molecule has 1 amide bonds. The molecule has 0 unspecified atom stereocenters. The number of thiophene rings is 1. The van der Waals surface area contributed by atoms with Gasteiger partial charge in [-0.1, -0.05) is 81.3 Å². The van der Waals surface area contributed by atoms with Gasteiger partial charge in [0.15, 0.2) is 0 Å². The third kappa shape index (κ3) is 5.32. The van der Waals surface area contributed by atoms with E-state index in [0.29, 0.717) is 15.8 Å². The van der Waals surface area contributed by atoms with Gasteiger partial charge in [-0.3, -0.25) is 4.79 Å². The second-order valence-electron chi connectivity index (χ2n) is 8.20. The van der Waals surface area contributed by atoms with E-state index in [1.165, 1.54) is 16.9 Å². The van der Waals surface area contributed by atoms with Crippen molar-refractivity contribution in [3.05, 3.63) is 87.1 Å². The lowest BCUT2D eigenvalue weighted by atomic mass is 9.99. The van der Waals surface area contributed by atoms with Crippen LogP contribution < -0.4 is 5.43 Å². The maximum absolute atomic E-state index is 13.3. The predicted molar refractivity (Wildman–Crippen MR) is 140 cm³/mol. The molecule has 2 aromatic carbocycles. The molecule has 6 heteroatoms. The summed E-state index contributed by atoms with van der Waals surface area (Å²) in [7, 11) is 0. The number of benzene rings is 2. The molecule has 0 aliphatic heterocycles. The van der Waals surface area contributed by atoms with Crippen LogP contribution in [-0.2, 0) is 0 Å². The number of amides is 1.